The molecule has 0 bridgehead atoms. The lowest BCUT2D eigenvalue weighted by molar-refractivity contribution is -0.132. The van der Waals surface area contributed by atoms with Crippen molar-refractivity contribution in [3.63, 3.8) is 0 Å². The molecule has 0 radical (unpaired) electrons. The van der Waals surface area contributed by atoms with Gasteiger partial charge < -0.3 is 20.4 Å². The second-order valence-electron chi connectivity index (χ2n) is 6.98. The minimum Gasteiger partial charge on any atom is -0.366 e. The molecule has 0 spiro atoms. The molecule has 0 saturated carbocycles. The second-order valence-corrected chi connectivity index (χ2v) is 7.83. The maximum Gasteiger partial charge on any atom is 0.225 e. The maximum atomic E-state index is 12.3. The number of nitrogens with one attached hydrogen (secondary N) is 2. The van der Waals surface area contributed by atoms with Crippen LogP contribution in [-0.4, -0.2) is 48.0 Å². The molecule has 1 fully saturated rings. The number of piperazine rings is 1. The third kappa shape index (κ3) is 6.36. The first kappa shape index (κ1) is 21.4. The predicted molar refractivity (Wildman–Crippen MR) is 114 cm³/mol. The Kier molecular flexibility index (Phi) is 7.86. The van der Waals surface area contributed by atoms with Gasteiger partial charge in [-0.2, -0.15) is 0 Å². The quantitative estimate of drug-likeness (QED) is 0.729. The van der Waals surface area contributed by atoms with Crippen LogP contribution in [-0.2, 0) is 9.59 Å². The van der Waals surface area contributed by atoms with Crippen LogP contribution in [0.15, 0.2) is 18.2 Å². The summed E-state index contributed by atoms with van der Waals surface area (Å²) in [6.45, 7) is 8.71. The maximum absolute atomic E-state index is 12.3. The molecule has 1 saturated heterocycles. The van der Waals surface area contributed by atoms with Crippen molar-refractivity contribution in [1.29, 1.82) is 0 Å². The third-order valence-electron chi connectivity index (χ3n) is 4.34. The molecule has 27 heavy (non-hydrogen) atoms. The number of halogens is 1. The number of thiocarbonyl (C=S) groups is 1. The average Bonchev–Trinajstić information content (AvgIpc) is 2.61. The fourth-order valence-corrected chi connectivity index (χ4v) is 3.32. The molecular formula is C19H27ClN4O2S. The zero-order valence-corrected chi connectivity index (χ0v) is 17.6. The van der Waals surface area contributed by atoms with Gasteiger partial charge >= 0.3 is 0 Å². The summed E-state index contributed by atoms with van der Waals surface area (Å²) >= 11 is 11.4. The van der Waals surface area contributed by atoms with Gasteiger partial charge in [0.05, 0.1) is 11.4 Å². The molecule has 8 heteroatoms. The summed E-state index contributed by atoms with van der Waals surface area (Å²) < 4.78 is 0. The Hall–Kier alpha value is -1.86. The minimum atomic E-state index is -0.145. The van der Waals surface area contributed by atoms with Crippen LogP contribution in [0.1, 0.15) is 33.6 Å². The molecule has 0 aromatic heterocycles. The molecule has 2 rings (SSSR count). The average molecular weight is 411 g/mol. The van der Waals surface area contributed by atoms with Crippen molar-refractivity contribution < 1.29 is 9.59 Å². The zero-order valence-electron chi connectivity index (χ0n) is 16.0. The topological polar surface area (TPSA) is 64.7 Å². The van der Waals surface area contributed by atoms with Gasteiger partial charge in [-0.1, -0.05) is 32.4 Å². The predicted octanol–water partition coefficient (Wildman–Crippen LogP) is 3.26. The molecule has 148 valence electrons. The lowest BCUT2D eigenvalue weighted by atomic mass is 10.1. The van der Waals surface area contributed by atoms with E-state index in [4.69, 9.17) is 23.8 Å². The molecule has 1 aromatic rings. The van der Waals surface area contributed by atoms with Crippen LogP contribution in [0.2, 0.25) is 5.02 Å². The van der Waals surface area contributed by atoms with E-state index in [1.807, 2.05) is 17.0 Å². The summed E-state index contributed by atoms with van der Waals surface area (Å²) in [6.07, 6.45) is 0.940. The number of hydrogen-bond donors (Lipinski definition) is 2. The van der Waals surface area contributed by atoms with Crippen LogP contribution in [0.4, 0.5) is 11.4 Å². The van der Waals surface area contributed by atoms with E-state index in [9.17, 15) is 9.59 Å². The molecule has 2 N–H and O–H groups in total. The van der Waals surface area contributed by atoms with Gasteiger partial charge in [-0.15, -0.1) is 0 Å². The zero-order chi connectivity index (χ0) is 20.0. The second kappa shape index (κ2) is 9.90. The Labute approximate surface area is 171 Å². The van der Waals surface area contributed by atoms with Crippen LogP contribution < -0.4 is 15.5 Å². The first-order chi connectivity index (χ1) is 12.8. The van der Waals surface area contributed by atoms with E-state index in [1.54, 1.807) is 13.0 Å². The molecule has 2 amide bonds. The van der Waals surface area contributed by atoms with E-state index >= 15 is 0 Å². The van der Waals surface area contributed by atoms with Crippen molar-refractivity contribution >= 4 is 52.1 Å². The van der Waals surface area contributed by atoms with Crippen LogP contribution in [0.3, 0.4) is 0 Å². The summed E-state index contributed by atoms with van der Waals surface area (Å²) in [7, 11) is 0. The number of benzene rings is 1. The molecule has 1 heterocycles. The van der Waals surface area contributed by atoms with Crippen molar-refractivity contribution in [1.82, 2.24) is 10.2 Å². The van der Waals surface area contributed by atoms with E-state index in [0.29, 0.717) is 36.9 Å². The highest BCUT2D eigenvalue weighted by atomic mass is 35.5. The van der Waals surface area contributed by atoms with Gasteiger partial charge in [0.2, 0.25) is 11.8 Å². The highest BCUT2D eigenvalue weighted by Crippen LogP contribution is 2.30. The van der Waals surface area contributed by atoms with E-state index in [2.05, 4.69) is 29.4 Å². The van der Waals surface area contributed by atoms with Gasteiger partial charge in [0.1, 0.15) is 0 Å². The Balaban J connectivity index is 2.05. The molecule has 1 aromatic carbocycles. The smallest absolute Gasteiger partial charge is 0.225 e. The van der Waals surface area contributed by atoms with E-state index < -0.39 is 0 Å². The number of anilines is 2. The van der Waals surface area contributed by atoms with Crippen molar-refractivity contribution in [2.75, 3.05) is 36.4 Å². The van der Waals surface area contributed by atoms with Crippen molar-refractivity contribution in [3.05, 3.63) is 23.2 Å². The van der Waals surface area contributed by atoms with Crippen LogP contribution >= 0.6 is 23.8 Å². The van der Waals surface area contributed by atoms with Crippen molar-refractivity contribution in [2.24, 2.45) is 5.92 Å². The van der Waals surface area contributed by atoms with E-state index in [-0.39, 0.29) is 16.9 Å². The standard InChI is InChI=1S/C19H27ClN4O2S/c1-4-17(25)22-19(27)21-15-12-14(20)5-6-16(15)23-7-9-24(10-8-23)18(26)11-13(2)3/h5-6,12-13H,4,7-11H2,1-3H3,(H2,21,22,25,27). The summed E-state index contributed by atoms with van der Waals surface area (Å²) in [5, 5.41) is 6.53. The number of carbonyl (C=O) groups excluding carboxylic acids is 2. The Bertz CT molecular complexity index is 703. The Morgan fingerprint density at radius 2 is 1.89 bits per heavy atom. The number of nitrogens with zero attached hydrogens (tertiary/aromatic N) is 2. The highest BCUT2D eigenvalue weighted by molar-refractivity contribution is 7.80. The lowest BCUT2D eigenvalue weighted by Crippen LogP contribution is -2.49. The minimum absolute atomic E-state index is 0.145. The Morgan fingerprint density at radius 1 is 1.22 bits per heavy atom. The van der Waals surface area contributed by atoms with E-state index in [0.717, 1.165) is 24.5 Å². The molecule has 0 aliphatic carbocycles. The van der Waals surface area contributed by atoms with E-state index in [1.165, 1.54) is 0 Å². The summed E-state index contributed by atoms with van der Waals surface area (Å²) in [6, 6.07) is 5.55. The van der Waals surface area contributed by atoms with Crippen LogP contribution in [0.25, 0.3) is 0 Å². The van der Waals surface area contributed by atoms with Gasteiger partial charge in [-0.25, -0.2) is 0 Å². The first-order valence-corrected chi connectivity index (χ1v) is 10.0. The fraction of sp³-hybridized carbons (Fsp3) is 0.526. The van der Waals surface area contributed by atoms with Gasteiger partial charge in [-0.05, 0) is 36.3 Å². The number of hydrogen-bond acceptors (Lipinski definition) is 4. The van der Waals surface area contributed by atoms with Gasteiger partial charge in [-0.3, -0.25) is 9.59 Å². The van der Waals surface area contributed by atoms with Crippen molar-refractivity contribution in [3.8, 4) is 0 Å². The molecular weight excluding hydrogens is 384 g/mol. The summed E-state index contributed by atoms with van der Waals surface area (Å²) in [4.78, 5) is 27.9. The van der Waals surface area contributed by atoms with Gasteiger partial charge in [0, 0.05) is 44.0 Å². The molecule has 1 aliphatic rings. The monoisotopic (exact) mass is 410 g/mol. The van der Waals surface area contributed by atoms with Crippen molar-refractivity contribution in [2.45, 2.75) is 33.6 Å². The van der Waals surface area contributed by atoms with Crippen LogP contribution in [0.5, 0.6) is 0 Å². The highest BCUT2D eigenvalue weighted by Gasteiger charge is 2.23. The first-order valence-electron chi connectivity index (χ1n) is 9.23. The number of carbonyl (C=O) groups is 2. The molecule has 1 aliphatic heterocycles. The largest absolute Gasteiger partial charge is 0.366 e. The van der Waals surface area contributed by atoms with Crippen LogP contribution in [0, 0.1) is 5.92 Å². The van der Waals surface area contributed by atoms with Gasteiger partial charge in [0.25, 0.3) is 0 Å². The fourth-order valence-electron chi connectivity index (χ4n) is 2.93. The summed E-state index contributed by atoms with van der Waals surface area (Å²) in [5.41, 5.74) is 1.69. The Morgan fingerprint density at radius 3 is 2.48 bits per heavy atom. The third-order valence-corrected chi connectivity index (χ3v) is 4.78. The molecule has 0 unspecified atom stereocenters. The lowest BCUT2D eigenvalue weighted by Gasteiger charge is -2.37. The number of amides is 2. The molecule has 0 atom stereocenters. The molecule has 6 nitrogen and oxygen atoms in total. The van der Waals surface area contributed by atoms with Gasteiger partial charge in [0.15, 0.2) is 5.11 Å². The number of rotatable bonds is 5. The SMILES string of the molecule is CCC(=O)NC(=S)Nc1cc(Cl)ccc1N1CCN(C(=O)CC(C)C)CC1. The summed E-state index contributed by atoms with van der Waals surface area (Å²) in [5.74, 6) is 0.429. The normalized spacial score (nSPS) is 14.3.